The van der Waals surface area contributed by atoms with Crippen molar-refractivity contribution in [2.45, 2.75) is 19.4 Å². The average Bonchev–Trinajstić information content (AvgIpc) is 2.21. The second-order valence-corrected chi connectivity index (χ2v) is 3.66. The molecular formula is C11H16N2O3. The molecule has 1 rings (SSSR count). The van der Waals surface area contributed by atoms with Gasteiger partial charge in [0.25, 0.3) is 5.91 Å². The Bertz CT molecular complexity index is 379. The van der Waals surface area contributed by atoms with Crippen molar-refractivity contribution >= 4 is 11.6 Å². The van der Waals surface area contributed by atoms with Gasteiger partial charge < -0.3 is 21.3 Å². The van der Waals surface area contributed by atoms with Crippen molar-refractivity contribution in [1.82, 2.24) is 5.32 Å². The lowest BCUT2D eigenvalue weighted by Crippen LogP contribution is -2.33. The monoisotopic (exact) mass is 224 g/mol. The number of benzene rings is 1. The van der Waals surface area contributed by atoms with Crippen LogP contribution in [0.25, 0.3) is 0 Å². The van der Waals surface area contributed by atoms with E-state index in [1.165, 1.54) is 18.2 Å². The Balaban J connectivity index is 2.76. The van der Waals surface area contributed by atoms with E-state index in [1.807, 2.05) is 0 Å². The van der Waals surface area contributed by atoms with Crippen LogP contribution in [0.4, 0.5) is 5.69 Å². The molecule has 0 heterocycles. The summed E-state index contributed by atoms with van der Waals surface area (Å²) >= 11 is 0. The van der Waals surface area contributed by atoms with E-state index in [4.69, 9.17) is 10.8 Å². The van der Waals surface area contributed by atoms with Crippen LogP contribution >= 0.6 is 0 Å². The number of nitrogens with two attached hydrogens (primary N) is 1. The van der Waals surface area contributed by atoms with Gasteiger partial charge in [-0.05, 0) is 31.5 Å². The summed E-state index contributed by atoms with van der Waals surface area (Å²) in [4.78, 5) is 11.7. The molecule has 1 atom stereocenters. The predicted molar refractivity (Wildman–Crippen MR) is 61.2 cm³/mol. The van der Waals surface area contributed by atoms with Crippen LogP contribution in [-0.2, 0) is 0 Å². The van der Waals surface area contributed by atoms with E-state index in [-0.39, 0.29) is 29.9 Å². The highest BCUT2D eigenvalue weighted by Gasteiger charge is 2.12. The molecule has 88 valence electrons. The molecule has 0 fully saturated rings. The second-order valence-electron chi connectivity index (χ2n) is 3.66. The fourth-order valence-corrected chi connectivity index (χ4v) is 1.31. The molecule has 5 N–H and O–H groups in total. The summed E-state index contributed by atoms with van der Waals surface area (Å²) in [6.45, 7) is 1.80. The Morgan fingerprint density at radius 3 is 2.88 bits per heavy atom. The minimum absolute atomic E-state index is 0.00541. The predicted octanol–water partition coefficient (Wildman–Crippen LogP) is 0.475. The van der Waals surface area contributed by atoms with Crippen molar-refractivity contribution in [2.24, 2.45) is 0 Å². The van der Waals surface area contributed by atoms with Crippen LogP contribution < -0.4 is 11.1 Å². The molecule has 0 aromatic heterocycles. The minimum atomic E-state index is -0.352. The third kappa shape index (κ3) is 3.13. The van der Waals surface area contributed by atoms with Crippen LogP contribution in [0.2, 0.25) is 0 Å². The third-order valence-corrected chi connectivity index (χ3v) is 2.22. The molecular weight excluding hydrogens is 208 g/mol. The summed E-state index contributed by atoms with van der Waals surface area (Å²) < 4.78 is 0. The molecule has 5 nitrogen and oxygen atoms in total. The van der Waals surface area contributed by atoms with Gasteiger partial charge in [-0.25, -0.2) is 0 Å². The number of nitrogen functional groups attached to an aromatic ring is 1. The molecule has 1 amide bonds. The Hall–Kier alpha value is -1.75. The molecule has 0 radical (unpaired) electrons. The smallest absolute Gasteiger partial charge is 0.253 e. The lowest BCUT2D eigenvalue weighted by molar-refractivity contribution is 0.0935. The number of carbonyl (C=O) groups is 1. The van der Waals surface area contributed by atoms with Crippen molar-refractivity contribution in [3.8, 4) is 5.75 Å². The Labute approximate surface area is 93.9 Å². The number of aliphatic hydroxyl groups is 1. The summed E-state index contributed by atoms with van der Waals surface area (Å²) in [5.74, 6) is -0.358. The number of amides is 1. The highest BCUT2D eigenvalue weighted by atomic mass is 16.3. The third-order valence-electron chi connectivity index (χ3n) is 2.22. The molecule has 5 heteroatoms. The first kappa shape index (κ1) is 12.3. The van der Waals surface area contributed by atoms with Gasteiger partial charge in [0.05, 0.1) is 5.56 Å². The summed E-state index contributed by atoms with van der Waals surface area (Å²) in [5.41, 5.74) is 6.17. The van der Waals surface area contributed by atoms with Gasteiger partial charge >= 0.3 is 0 Å². The van der Waals surface area contributed by atoms with Crippen molar-refractivity contribution in [3.05, 3.63) is 23.8 Å². The number of carbonyl (C=O) groups excluding carboxylic acids is 1. The number of aliphatic hydroxyl groups excluding tert-OH is 1. The lowest BCUT2D eigenvalue weighted by atomic mass is 10.1. The molecule has 1 aromatic rings. The van der Waals surface area contributed by atoms with Crippen molar-refractivity contribution in [3.63, 3.8) is 0 Å². The number of hydrogen-bond acceptors (Lipinski definition) is 4. The van der Waals surface area contributed by atoms with E-state index >= 15 is 0 Å². The lowest BCUT2D eigenvalue weighted by Gasteiger charge is -2.13. The Morgan fingerprint density at radius 1 is 1.56 bits per heavy atom. The quantitative estimate of drug-likeness (QED) is 0.441. The van der Waals surface area contributed by atoms with Crippen LogP contribution in [0.1, 0.15) is 23.7 Å². The van der Waals surface area contributed by atoms with Crippen molar-refractivity contribution in [2.75, 3.05) is 12.3 Å². The van der Waals surface area contributed by atoms with Gasteiger partial charge in [0.1, 0.15) is 5.75 Å². The number of nitrogens with one attached hydrogen (secondary N) is 1. The molecule has 0 aliphatic heterocycles. The molecule has 1 aromatic carbocycles. The van der Waals surface area contributed by atoms with Crippen LogP contribution in [0.3, 0.4) is 0 Å². The summed E-state index contributed by atoms with van der Waals surface area (Å²) in [6.07, 6.45) is 0.477. The van der Waals surface area contributed by atoms with E-state index in [0.717, 1.165) is 0 Å². The zero-order valence-corrected chi connectivity index (χ0v) is 9.10. The normalized spacial score (nSPS) is 12.1. The summed E-state index contributed by atoms with van der Waals surface area (Å²) in [5, 5.41) is 20.6. The van der Waals surface area contributed by atoms with E-state index in [1.54, 1.807) is 6.92 Å². The van der Waals surface area contributed by atoms with Gasteiger partial charge in [0, 0.05) is 18.3 Å². The van der Waals surface area contributed by atoms with Crippen molar-refractivity contribution in [1.29, 1.82) is 0 Å². The van der Waals surface area contributed by atoms with Crippen LogP contribution in [0, 0.1) is 0 Å². The van der Waals surface area contributed by atoms with Gasteiger partial charge in [-0.15, -0.1) is 0 Å². The number of rotatable bonds is 4. The van der Waals surface area contributed by atoms with Gasteiger partial charge in [-0.2, -0.15) is 0 Å². The molecule has 0 bridgehead atoms. The first-order chi connectivity index (χ1) is 7.54. The largest absolute Gasteiger partial charge is 0.508 e. The number of hydrogen-bond donors (Lipinski definition) is 4. The second kappa shape index (κ2) is 5.37. The maximum Gasteiger partial charge on any atom is 0.253 e. The van der Waals surface area contributed by atoms with Gasteiger partial charge in [0.15, 0.2) is 0 Å². The first-order valence-electron chi connectivity index (χ1n) is 5.04. The SMILES string of the molecule is CC(CCO)NC(=O)c1cc(O)ccc1N. The molecule has 1 unspecified atom stereocenters. The van der Waals surface area contributed by atoms with Gasteiger partial charge in [-0.1, -0.05) is 0 Å². The molecule has 16 heavy (non-hydrogen) atoms. The molecule has 0 saturated heterocycles. The highest BCUT2D eigenvalue weighted by Crippen LogP contribution is 2.18. The Kier molecular flexibility index (Phi) is 4.13. The molecule has 0 saturated carbocycles. The number of phenols is 1. The highest BCUT2D eigenvalue weighted by molar-refractivity contribution is 5.99. The fraction of sp³-hybridized carbons (Fsp3) is 0.364. The average molecular weight is 224 g/mol. The summed E-state index contributed by atoms with van der Waals surface area (Å²) in [6, 6.07) is 4.07. The maximum atomic E-state index is 11.7. The number of phenolic OH excluding ortho intramolecular Hbond substituents is 1. The molecule has 0 spiro atoms. The zero-order chi connectivity index (χ0) is 12.1. The number of aromatic hydroxyl groups is 1. The first-order valence-corrected chi connectivity index (χ1v) is 5.04. The summed E-state index contributed by atoms with van der Waals surface area (Å²) in [7, 11) is 0. The van der Waals surface area contributed by atoms with Gasteiger partial charge in [-0.3, -0.25) is 4.79 Å². The molecule has 0 aliphatic rings. The van der Waals surface area contributed by atoms with E-state index in [9.17, 15) is 9.90 Å². The zero-order valence-electron chi connectivity index (χ0n) is 9.10. The topological polar surface area (TPSA) is 95.6 Å². The van der Waals surface area contributed by atoms with Crippen LogP contribution in [0.15, 0.2) is 18.2 Å². The Morgan fingerprint density at radius 2 is 2.25 bits per heavy atom. The maximum absolute atomic E-state index is 11.7. The standard InChI is InChI=1S/C11H16N2O3/c1-7(4-5-14)13-11(16)9-6-8(15)2-3-10(9)12/h2-3,6-7,14-15H,4-5,12H2,1H3,(H,13,16). The van der Waals surface area contributed by atoms with E-state index in [2.05, 4.69) is 5.32 Å². The number of anilines is 1. The minimum Gasteiger partial charge on any atom is -0.508 e. The van der Waals surface area contributed by atoms with Crippen LogP contribution in [0.5, 0.6) is 5.75 Å². The van der Waals surface area contributed by atoms with E-state index in [0.29, 0.717) is 12.1 Å². The van der Waals surface area contributed by atoms with E-state index < -0.39 is 0 Å². The fourth-order valence-electron chi connectivity index (χ4n) is 1.31. The molecule has 0 aliphatic carbocycles. The van der Waals surface area contributed by atoms with Gasteiger partial charge in [0.2, 0.25) is 0 Å². The van der Waals surface area contributed by atoms with Crippen molar-refractivity contribution < 1.29 is 15.0 Å². The van der Waals surface area contributed by atoms with Crippen LogP contribution in [-0.4, -0.2) is 28.8 Å².